The zero-order chi connectivity index (χ0) is 11.5. The molecule has 0 saturated carbocycles. The van der Waals surface area contributed by atoms with Gasteiger partial charge in [-0.05, 0) is 25.2 Å². The average Bonchev–Trinajstić information content (AvgIpc) is 2.18. The Morgan fingerprint density at radius 3 is 2.67 bits per heavy atom. The summed E-state index contributed by atoms with van der Waals surface area (Å²) >= 11 is 3.04. The molecule has 15 heavy (non-hydrogen) atoms. The standard InChI is InChI=1S/C10H11BrF3N/c1-15-5-4-10(13,14)8-6-7(11)2-3-9(8)12/h2-3,6,15H,4-5H2,1H3. The van der Waals surface area contributed by atoms with E-state index in [1.165, 1.54) is 6.07 Å². The maximum atomic E-state index is 13.5. The lowest BCUT2D eigenvalue weighted by molar-refractivity contribution is -0.0157. The van der Waals surface area contributed by atoms with Crippen LogP contribution in [0.5, 0.6) is 0 Å². The first kappa shape index (κ1) is 12.5. The van der Waals surface area contributed by atoms with Crippen molar-refractivity contribution < 1.29 is 13.2 Å². The van der Waals surface area contributed by atoms with Gasteiger partial charge in [0.15, 0.2) is 0 Å². The number of hydrogen-bond acceptors (Lipinski definition) is 1. The van der Waals surface area contributed by atoms with Gasteiger partial charge < -0.3 is 5.32 Å². The third kappa shape index (κ3) is 3.21. The average molecular weight is 282 g/mol. The maximum absolute atomic E-state index is 13.5. The molecule has 5 heteroatoms. The van der Waals surface area contributed by atoms with Crippen LogP contribution in [-0.4, -0.2) is 13.6 Å². The predicted octanol–water partition coefficient (Wildman–Crippen LogP) is 3.29. The topological polar surface area (TPSA) is 12.0 Å². The molecule has 0 aliphatic carbocycles. The van der Waals surface area contributed by atoms with Crippen LogP contribution in [0.3, 0.4) is 0 Å². The third-order valence-electron chi connectivity index (χ3n) is 2.01. The Balaban J connectivity index is 2.97. The second-order valence-corrected chi connectivity index (χ2v) is 4.10. The van der Waals surface area contributed by atoms with E-state index in [1.807, 2.05) is 0 Å². The lowest BCUT2D eigenvalue weighted by atomic mass is 10.1. The van der Waals surface area contributed by atoms with Gasteiger partial charge in [-0.25, -0.2) is 13.2 Å². The highest BCUT2D eigenvalue weighted by atomic mass is 79.9. The summed E-state index contributed by atoms with van der Waals surface area (Å²) in [5.74, 6) is -4.02. The molecule has 0 fully saturated rings. The molecule has 0 spiro atoms. The minimum atomic E-state index is -3.14. The summed E-state index contributed by atoms with van der Waals surface area (Å²) < 4.78 is 40.6. The Hall–Kier alpha value is -0.550. The molecule has 1 rings (SSSR count). The molecule has 1 nitrogen and oxygen atoms in total. The molecular weight excluding hydrogens is 271 g/mol. The first-order valence-corrected chi connectivity index (χ1v) is 5.24. The molecule has 0 radical (unpaired) electrons. The van der Waals surface area contributed by atoms with Crippen LogP contribution >= 0.6 is 15.9 Å². The van der Waals surface area contributed by atoms with Crippen molar-refractivity contribution in [2.24, 2.45) is 0 Å². The summed E-state index contributed by atoms with van der Waals surface area (Å²) in [4.78, 5) is 0. The molecule has 1 aromatic rings. The summed E-state index contributed by atoms with van der Waals surface area (Å²) in [5.41, 5.74) is -0.563. The van der Waals surface area contributed by atoms with Gasteiger partial charge in [0.05, 0.1) is 5.56 Å². The van der Waals surface area contributed by atoms with E-state index in [0.717, 1.165) is 12.1 Å². The van der Waals surface area contributed by atoms with E-state index in [-0.39, 0.29) is 6.54 Å². The highest BCUT2D eigenvalue weighted by molar-refractivity contribution is 9.10. The lowest BCUT2D eigenvalue weighted by Gasteiger charge is -2.17. The molecule has 0 aliphatic heterocycles. The van der Waals surface area contributed by atoms with Crippen molar-refractivity contribution in [2.75, 3.05) is 13.6 Å². The SMILES string of the molecule is CNCCC(F)(F)c1cc(Br)ccc1F. The van der Waals surface area contributed by atoms with Crippen LogP contribution in [0, 0.1) is 5.82 Å². The van der Waals surface area contributed by atoms with Crippen LogP contribution in [0.15, 0.2) is 22.7 Å². The molecule has 0 amide bonds. The molecule has 0 aromatic heterocycles. The predicted molar refractivity (Wildman–Crippen MR) is 56.5 cm³/mol. The van der Waals surface area contributed by atoms with Gasteiger partial charge in [-0.2, -0.15) is 0 Å². The van der Waals surface area contributed by atoms with Crippen molar-refractivity contribution in [1.82, 2.24) is 5.32 Å². The van der Waals surface area contributed by atoms with Crippen molar-refractivity contribution in [3.63, 3.8) is 0 Å². The van der Waals surface area contributed by atoms with E-state index in [9.17, 15) is 13.2 Å². The maximum Gasteiger partial charge on any atom is 0.277 e. The molecule has 0 aliphatic rings. The minimum absolute atomic E-state index is 0.138. The van der Waals surface area contributed by atoms with Crippen molar-refractivity contribution >= 4 is 15.9 Å². The molecule has 0 saturated heterocycles. The van der Waals surface area contributed by atoms with E-state index in [0.29, 0.717) is 4.47 Å². The van der Waals surface area contributed by atoms with Gasteiger partial charge in [0.25, 0.3) is 5.92 Å². The van der Waals surface area contributed by atoms with Gasteiger partial charge >= 0.3 is 0 Å². The molecule has 0 heterocycles. The van der Waals surface area contributed by atoms with Crippen molar-refractivity contribution in [2.45, 2.75) is 12.3 Å². The normalized spacial score (nSPS) is 11.8. The van der Waals surface area contributed by atoms with E-state index in [1.54, 1.807) is 7.05 Å². The van der Waals surface area contributed by atoms with Crippen molar-refractivity contribution in [3.05, 3.63) is 34.1 Å². The Kier molecular flexibility index (Phi) is 4.16. The fourth-order valence-electron chi connectivity index (χ4n) is 1.19. The number of halogens is 4. The Bertz CT molecular complexity index is 341. The summed E-state index contributed by atoms with van der Waals surface area (Å²) in [6.07, 6.45) is -0.420. The second kappa shape index (κ2) is 4.99. The summed E-state index contributed by atoms with van der Waals surface area (Å²) in [6, 6.07) is 3.55. The first-order valence-electron chi connectivity index (χ1n) is 4.45. The zero-order valence-corrected chi connectivity index (χ0v) is 9.74. The van der Waals surface area contributed by atoms with Gasteiger partial charge in [0, 0.05) is 17.4 Å². The fraction of sp³-hybridized carbons (Fsp3) is 0.400. The van der Waals surface area contributed by atoms with Crippen molar-refractivity contribution in [1.29, 1.82) is 0 Å². The Morgan fingerprint density at radius 1 is 1.40 bits per heavy atom. The lowest BCUT2D eigenvalue weighted by Crippen LogP contribution is -2.22. The van der Waals surface area contributed by atoms with Gasteiger partial charge in [-0.15, -0.1) is 0 Å². The first-order chi connectivity index (χ1) is 6.97. The fourth-order valence-corrected chi connectivity index (χ4v) is 1.56. The van der Waals surface area contributed by atoms with Crippen LogP contribution < -0.4 is 5.32 Å². The number of alkyl halides is 2. The Morgan fingerprint density at radius 2 is 2.07 bits per heavy atom. The van der Waals surface area contributed by atoms with Crippen LogP contribution in [0.4, 0.5) is 13.2 Å². The molecule has 1 aromatic carbocycles. The number of nitrogens with one attached hydrogen (secondary N) is 1. The molecule has 0 unspecified atom stereocenters. The largest absolute Gasteiger partial charge is 0.320 e. The van der Waals surface area contributed by atoms with Gasteiger partial charge in [0.1, 0.15) is 5.82 Å². The quantitative estimate of drug-likeness (QED) is 0.893. The Labute approximate surface area is 94.8 Å². The van der Waals surface area contributed by atoms with Gasteiger partial charge in [0.2, 0.25) is 0 Å². The van der Waals surface area contributed by atoms with Gasteiger partial charge in [-0.3, -0.25) is 0 Å². The molecule has 0 bridgehead atoms. The smallest absolute Gasteiger partial charge is 0.277 e. The van der Waals surface area contributed by atoms with Crippen molar-refractivity contribution in [3.8, 4) is 0 Å². The second-order valence-electron chi connectivity index (χ2n) is 3.18. The molecule has 0 atom stereocenters. The third-order valence-corrected chi connectivity index (χ3v) is 2.50. The number of hydrogen-bond donors (Lipinski definition) is 1. The van der Waals surface area contributed by atoms with E-state index in [4.69, 9.17) is 0 Å². The van der Waals surface area contributed by atoms with E-state index < -0.39 is 23.7 Å². The van der Waals surface area contributed by atoms with Gasteiger partial charge in [-0.1, -0.05) is 15.9 Å². The van der Waals surface area contributed by atoms with Crippen LogP contribution in [0.25, 0.3) is 0 Å². The molecule has 1 N–H and O–H groups in total. The number of benzene rings is 1. The van der Waals surface area contributed by atoms with Crippen LogP contribution in [0.1, 0.15) is 12.0 Å². The molecule has 84 valence electrons. The zero-order valence-electron chi connectivity index (χ0n) is 8.16. The minimum Gasteiger partial charge on any atom is -0.320 e. The summed E-state index contributed by atoms with van der Waals surface area (Å²) in [7, 11) is 1.58. The monoisotopic (exact) mass is 281 g/mol. The summed E-state index contributed by atoms with van der Waals surface area (Å²) in [5, 5.41) is 2.61. The molecular formula is C10H11BrF3N. The highest BCUT2D eigenvalue weighted by Gasteiger charge is 2.33. The highest BCUT2D eigenvalue weighted by Crippen LogP contribution is 2.34. The van der Waals surface area contributed by atoms with E-state index in [2.05, 4.69) is 21.2 Å². The van der Waals surface area contributed by atoms with E-state index >= 15 is 0 Å². The summed E-state index contributed by atoms with van der Waals surface area (Å²) in [6.45, 7) is 0.138. The van der Waals surface area contributed by atoms with Crippen LogP contribution in [0.2, 0.25) is 0 Å². The van der Waals surface area contributed by atoms with Crippen LogP contribution in [-0.2, 0) is 5.92 Å². The number of rotatable bonds is 4.